The van der Waals surface area contributed by atoms with E-state index in [1.165, 1.54) is 44.6 Å². The Hall–Kier alpha value is -3.40. The lowest BCUT2D eigenvalue weighted by atomic mass is 10.1. The first kappa shape index (κ1) is 52.6. The first-order valence-corrected chi connectivity index (χ1v) is 22.2. The van der Waals surface area contributed by atoms with E-state index in [-0.39, 0.29) is 51.2 Å². The van der Waals surface area contributed by atoms with Gasteiger partial charge in [0.15, 0.2) is 11.9 Å². The van der Waals surface area contributed by atoms with Gasteiger partial charge in [0.2, 0.25) is 0 Å². The van der Waals surface area contributed by atoms with E-state index in [1.54, 1.807) is 6.08 Å². The van der Waals surface area contributed by atoms with Crippen LogP contribution in [0.2, 0.25) is 0 Å². The molecule has 0 radical (unpaired) electrons. The Morgan fingerprint density at radius 3 is 1.62 bits per heavy atom. The first-order chi connectivity index (χ1) is 27.2. The highest BCUT2D eigenvalue weighted by atomic mass is 31.2. The molecule has 0 bridgehead atoms. The number of allylic oxidation sites excluding steroid dienone is 16. The van der Waals surface area contributed by atoms with Crippen LogP contribution < -0.4 is 5.73 Å². The molecule has 316 valence electrons. The largest absolute Gasteiger partial charge is 0.472 e. The van der Waals surface area contributed by atoms with Crippen LogP contribution in [0.25, 0.3) is 0 Å². The van der Waals surface area contributed by atoms with Gasteiger partial charge in [-0.25, -0.2) is 4.57 Å². The highest BCUT2D eigenvalue weighted by molar-refractivity contribution is 7.47. The Morgan fingerprint density at radius 2 is 1.09 bits per heavy atom. The number of ether oxygens (including phenoxy) is 2. The van der Waals surface area contributed by atoms with Gasteiger partial charge in [-0.3, -0.25) is 23.4 Å². The van der Waals surface area contributed by atoms with E-state index >= 15 is 0 Å². The lowest BCUT2D eigenvalue weighted by Crippen LogP contribution is -2.29. The topological polar surface area (TPSA) is 151 Å². The zero-order chi connectivity index (χ0) is 41.2. The van der Waals surface area contributed by atoms with Crippen LogP contribution in [0, 0.1) is 0 Å². The fourth-order valence-corrected chi connectivity index (χ4v) is 5.58. The van der Waals surface area contributed by atoms with Gasteiger partial charge in [0.25, 0.3) is 0 Å². The molecular weight excluding hydrogens is 729 g/mol. The lowest BCUT2D eigenvalue weighted by Gasteiger charge is -2.19. The third-order valence-electron chi connectivity index (χ3n) is 7.92. The second-order valence-corrected chi connectivity index (χ2v) is 14.6. The van der Waals surface area contributed by atoms with Crippen molar-refractivity contribution in [3.05, 3.63) is 97.2 Å². The van der Waals surface area contributed by atoms with Crippen LogP contribution in [0.5, 0.6) is 0 Å². The normalized spacial score (nSPS) is 14.2. The number of phosphoric ester groups is 1. The Morgan fingerprint density at radius 1 is 0.589 bits per heavy atom. The quantitative estimate of drug-likeness (QED) is 0.0155. The molecule has 0 aromatic rings. The van der Waals surface area contributed by atoms with Crippen molar-refractivity contribution < 1.29 is 42.4 Å². The number of carbonyl (C=O) groups excluding carboxylic acids is 3. The van der Waals surface area contributed by atoms with Crippen LogP contribution in [0.15, 0.2) is 97.2 Å². The Kier molecular flexibility index (Phi) is 37.4. The number of nitrogens with two attached hydrogens (primary N) is 1. The first-order valence-electron chi connectivity index (χ1n) is 20.7. The van der Waals surface area contributed by atoms with Gasteiger partial charge >= 0.3 is 19.8 Å². The number of rotatable bonds is 37. The molecule has 0 spiro atoms. The van der Waals surface area contributed by atoms with E-state index in [0.717, 1.165) is 44.9 Å². The molecule has 2 atom stereocenters. The van der Waals surface area contributed by atoms with Gasteiger partial charge in [-0.05, 0) is 83.1 Å². The van der Waals surface area contributed by atoms with Gasteiger partial charge < -0.3 is 20.1 Å². The van der Waals surface area contributed by atoms with E-state index in [9.17, 15) is 23.8 Å². The molecule has 0 aliphatic heterocycles. The molecule has 1 unspecified atom stereocenters. The number of hydrogen-bond donors (Lipinski definition) is 2. The molecule has 0 aromatic heterocycles. The molecule has 0 rings (SSSR count). The van der Waals surface area contributed by atoms with Crippen molar-refractivity contribution in [2.75, 3.05) is 26.4 Å². The second kappa shape index (κ2) is 39.8. The summed E-state index contributed by atoms with van der Waals surface area (Å²) in [6.07, 6.45) is 47.4. The van der Waals surface area contributed by atoms with Gasteiger partial charge in [0.1, 0.15) is 6.61 Å². The van der Waals surface area contributed by atoms with Crippen molar-refractivity contribution >= 4 is 25.5 Å². The standard InChI is InChI=1S/C45H72NO9P/c1-3-5-7-9-11-13-15-17-18-19-20-22-24-26-28-30-32-36-45(49)55-43(41-54-56(50,51)53-39-38-46)40-52-44(48)37-33-35-42(47)34-31-29-27-25-23-21-16-14-12-10-8-6-4-2/h11-14,17-18,20-23,26-29,31,34,43H,3-10,15-16,19,24-25,30,32-33,35-41,46H2,1-2H3,(H,50,51)/b13-11-,14-12-,18-17-,22-20-,23-21-,28-26-,29-27-,34-31+/t43-/m1/s1. The Bertz CT molecular complexity index is 1300. The fraction of sp³-hybridized carbons (Fsp3) is 0.578. The Balaban J connectivity index is 4.50. The minimum Gasteiger partial charge on any atom is -0.462 e. The molecule has 3 N–H and O–H groups in total. The second-order valence-electron chi connectivity index (χ2n) is 13.2. The zero-order valence-corrected chi connectivity index (χ0v) is 35.2. The minimum atomic E-state index is -4.45. The minimum absolute atomic E-state index is 0.00748. The molecule has 0 aliphatic rings. The predicted octanol–water partition coefficient (Wildman–Crippen LogP) is 11.0. The SMILES string of the molecule is CCCCC/C=C\C/C=C\C/C=C\C=C\C(=O)CCCC(=O)OC[C@H](COP(=O)(O)OCCN)OC(=O)CCC/C=C\C/C=C\C/C=C\C/C=C\CCCCC. The summed E-state index contributed by atoms with van der Waals surface area (Å²) >= 11 is 0. The average Bonchev–Trinajstić information content (AvgIpc) is 3.18. The summed E-state index contributed by atoms with van der Waals surface area (Å²) < 4.78 is 32.4. The smallest absolute Gasteiger partial charge is 0.462 e. The molecule has 0 saturated carbocycles. The number of carbonyl (C=O) groups is 3. The summed E-state index contributed by atoms with van der Waals surface area (Å²) in [7, 11) is -4.45. The summed E-state index contributed by atoms with van der Waals surface area (Å²) in [5, 5.41) is 0. The zero-order valence-electron chi connectivity index (χ0n) is 34.3. The predicted molar refractivity (Wildman–Crippen MR) is 229 cm³/mol. The van der Waals surface area contributed by atoms with Gasteiger partial charge in [-0.15, -0.1) is 0 Å². The summed E-state index contributed by atoms with van der Waals surface area (Å²) in [4.78, 5) is 46.9. The third kappa shape index (κ3) is 38.9. The number of phosphoric acid groups is 1. The molecular formula is C45H72NO9P. The molecule has 0 aliphatic carbocycles. The molecule has 0 aromatic carbocycles. The lowest BCUT2D eigenvalue weighted by molar-refractivity contribution is -0.161. The van der Waals surface area contributed by atoms with Crippen LogP contribution in [-0.4, -0.2) is 55.1 Å². The van der Waals surface area contributed by atoms with Crippen LogP contribution in [-0.2, 0) is 37.5 Å². The molecule has 0 amide bonds. The van der Waals surface area contributed by atoms with Crippen molar-refractivity contribution in [1.29, 1.82) is 0 Å². The monoisotopic (exact) mass is 801 g/mol. The molecule has 0 saturated heterocycles. The maximum atomic E-state index is 12.5. The number of unbranched alkanes of at least 4 members (excludes halogenated alkanes) is 7. The molecule has 0 fully saturated rings. The van der Waals surface area contributed by atoms with Crippen LogP contribution in [0.4, 0.5) is 0 Å². The summed E-state index contributed by atoms with van der Waals surface area (Å²) in [5.41, 5.74) is 5.32. The Labute approximate surface area is 338 Å². The number of hydrogen-bond acceptors (Lipinski definition) is 9. The van der Waals surface area contributed by atoms with Crippen LogP contribution in [0.1, 0.15) is 136 Å². The van der Waals surface area contributed by atoms with Gasteiger partial charge in [-0.2, -0.15) is 0 Å². The summed E-state index contributed by atoms with van der Waals surface area (Å²) in [6.45, 7) is 3.30. The van der Waals surface area contributed by atoms with E-state index in [1.807, 2.05) is 24.3 Å². The van der Waals surface area contributed by atoms with Crippen molar-refractivity contribution in [1.82, 2.24) is 0 Å². The maximum Gasteiger partial charge on any atom is 0.472 e. The maximum absolute atomic E-state index is 12.5. The average molecular weight is 802 g/mol. The van der Waals surface area contributed by atoms with Crippen molar-refractivity contribution in [3.8, 4) is 0 Å². The van der Waals surface area contributed by atoms with Crippen LogP contribution >= 0.6 is 7.82 Å². The van der Waals surface area contributed by atoms with E-state index in [0.29, 0.717) is 12.8 Å². The fourth-order valence-electron chi connectivity index (χ4n) is 4.81. The van der Waals surface area contributed by atoms with Crippen molar-refractivity contribution in [2.45, 2.75) is 142 Å². The summed E-state index contributed by atoms with van der Waals surface area (Å²) in [5.74, 6) is -1.28. The molecule has 10 nitrogen and oxygen atoms in total. The van der Waals surface area contributed by atoms with Gasteiger partial charge in [0, 0.05) is 25.8 Å². The molecule has 0 heterocycles. The van der Waals surface area contributed by atoms with Gasteiger partial charge in [0.05, 0.1) is 13.2 Å². The number of ketones is 1. The van der Waals surface area contributed by atoms with E-state index in [4.69, 9.17) is 24.3 Å². The van der Waals surface area contributed by atoms with Crippen LogP contribution in [0.3, 0.4) is 0 Å². The third-order valence-corrected chi connectivity index (χ3v) is 8.90. The summed E-state index contributed by atoms with van der Waals surface area (Å²) in [6, 6.07) is 0. The van der Waals surface area contributed by atoms with Gasteiger partial charge in [-0.1, -0.05) is 131 Å². The molecule has 11 heteroatoms. The number of esters is 2. The van der Waals surface area contributed by atoms with Crippen molar-refractivity contribution in [2.24, 2.45) is 5.73 Å². The van der Waals surface area contributed by atoms with E-state index in [2.05, 4.69) is 74.6 Å². The highest BCUT2D eigenvalue weighted by Gasteiger charge is 2.26. The highest BCUT2D eigenvalue weighted by Crippen LogP contribution is 2.43. The molecule has 56 heavy (non-hydrogen) atoms. The van der Waals surface area contributed by atoms with E-state index < -0.39 is 32.5 Å². The van der Waals surface area contributed by atoms with Crippen molar-refractivity contribution in [3.63, 3.8) is 0 Å².